The molecule has 3 amide bonds. The summed E-state index contributed by atoms with van der Waals surface area (Å²) in [6, 6.07) is 6.97. The predicted octanol–water partition coefficient (Wildman–Crippen LogP) is 3.72. The lowest BCUT2D eigenvalue weighted by atomic mass is 9.88. The molecule has 33 heavy (non-hydrogen) atoms. The fraction of sp³-hybridized carbons (Fsp3) is 0.480. The summed E-state index contributed by atoms with van der Waals surface area (Å²) in [5, 5.41) is 2.86. The number of hydrogen-bond acceptors (Lipinski definition) is 3. The molecule has 0 bridgehead atoms. The van der Waals surface area contributed by atoms with Crippen LogP contribution < -0.4 is 16.2 Å². The summed E-state index contributed by atoms with van der Waals surface area (Å²) in [5.74, 6) is -1.56. The number of amides is 3. The molecule has 0 spiro atoms. The zero-order valence-electron chi connectivity index (χ0n) is 19.7. The van der Waals surface area contributed by atoms with E-state index in [1.165, 1.54) is 12.1 Å². The quantitative estimate of drug-likeness (QED) is 0.579. The summed E-state index contributed by atoms with van der Waals surface area (Å²) in [6.45, 7) is 7.34. The predicted molar refractivity (Wildman–Crippen MR) is 124 cm³/mol. The number of nitrogens with zero attached hydrogens (tertiary/aromatic N) is 1. The number of aromatic nitrogens is 1. The van der Waals surface area contributed by atoms with Crippen LogP contribution in [0.1, 0.15) is 67.7 Å². The first-order valence-corrected chi connectivity index (χ1v) is 11.5. The third kappa shape index (κ3) is 5.80. The van der Waals surface area contributed by atoms with Crippen molar-refractivity contribution in [3.8, 4) is 5.69 Å². The highest BCUT2D eigenvalue weighted by Crippen LogP contribution is 2.24. The molecule has 0 radical (unpaired) electrons. The zero-order valence-corrected chi connectivity index (χ0v) is 19.7. The van der Waals surface area contributed by atoms with Crippen LogP contribution in [0.15, 0.2) is 30.3 Å². The van der Waals surface area contributed by atoms with Crippen LogP contribution in [0.5, 0.6) is 0 Å². The van der Waals surface area contributed by atoms with Crippen molar-refractivity contribution in [1.82, 2.24) is 20.7 Å². The monoisotopic (exact) mass is 456 g/mol. The number of nitrogens with one attached hydrogen (secondary N) is 3. The van der Waals surface area contributed by atoms with E-state index in [0.29, 0.717) is 11.3 Å². The van der Waals surface area contributed by atoms with E-state index in [-0.39, 0.29) is 23.6 Å². The Bertz CT molecular complexity index is 1010. The summed E-state index contributed by atoms with van der Waals surface area (Å²) < 4.78 is 15.1. The molecule has 1 saturated carbocycles. The molecular formula is C25H33FN4O3. The Kier molecular flexibility index (Phi) is 7.89. The van der Waals surface area contributed by atoms with E-state index in [1.807, 2.05) is 25.3 Å². The van der Waals surface area contributed by atoms with Gasteiger partial charge in [-0.25, -0.2) is 4.39 Å². The SMILES string of the molecule is Cc1cc(C(=O)NNC(=O)C(NC(=O)C2CCCCC2)C(C)C)c(C)n1-c1ccc(F)cc1. The van der Waals surface area contributed by atoms with E-state index in [2.05, 4.69) is 16.2 Å². The fourth-order valence-corrected chi connectivity index (χ4v) is 4.41. The van der Waals surface area contributed by atoms with Gasteiger partial charge in [0.15, 0.2) is 0 Å². The van der Waals surface area contributed by atoms with Gasteiger partial charge in [-0.15, -0.1) is 0 Å². The first kappa shape index (κ1) is 24.5. The largest absolute Gasteiger partial charge is 0.344 e. The van der Waals surface area contributed by atoms with Crippen molar-refractivity contribution in [3.05, 3.63) is 53.1 Å². The molecule has 1 aromatic heterocycles. The van der Waals surface area contributed by atoms with E-state index in [4.69, 9.17) is 0 Å². The van der Waals surface area contributed by atoms with E-state index in [0.717, 1.165) is 43.5 Å². The van der Waals surface area contributed by atoms with Gasteiger partial charge in [0.05, 0.1) is 5.56 Å². The normalized spacial score (nSPS) is 15.2. The molecule has 0 saturated heterocycles. The van der Waals surface area contributed by atoms with Crippen LogP contribution in [-0.4, -0.2) is 28.3 Å². The van der Waals surface area contributed by atoms with Gasteiger partial charge in [-0.3, -0.25) is 25.2 Å². The highest BCUT2D eigenvalue weighted by atomic mass is 19.1. The van der Waals surface area contributed by atoms with Crippen molar-refractivity contribution in [2.75, 3.05) is 0 Å². The molecule has 2 aromatic rings. The highest BCUT2D eigenvalue weighted by molar-refractivity contribution is 5.97. The Labute approximate surface area is 194 Å². The molecule has 1 aliphatic rings. The maximum absolute atomic E-state index is 13.3. The van der Waals surface area contributed by atoms with Gasteiger partial charge in [-0.05, 0) is 62.9 Å². The minimum atomic E-state index is -0.744. The molecule has 7 nitrogen and oxygen atoms in total. The van der Waals surface area contributed by atoms with Crippen molar-refractivity contribution in [2.45, 2.75) is 65.8 Å². The molecular weight excluding hydrogens is 423 g/mol. The number of hydrogen-bond donors (Lipinski definition) is 3. The summed E-state index contributed by atoms with van der Waals surface area (Å²) in [6.07, 6.45) is 4.90. The van der Waals surface area contributed by atoms with Gasteiger partial charge in [-0.2, -0.15) is 0 Å². The van der Waals surface area contributed by atoms with Gasteiger partial charge in [0, 0.05) is 23.0 Å². The minimum Gasteiger partial charge on any atom is -0.344 e. The Balaban J connectivity index is 1.65. The maximum Gasteiger partial charge on any atom is 0.271 e. The van der Waals surface area contributed by atoms with E-state index >= 15 is 0 Å². The third-order valence-electron chi connectivity index (χ3n) is 6.28. The fourth-order valence-electron chi connectivity index (χ4n) is 4.41. The summed E-state index contributed by atoms with van der Waals surface area (Å²) in [4.78, 5) is 38.2. The lowest BCUT2D eigenvalue weighted by Crippen LogP contribution is -2.55. The first-order valence-electron chi connectivity index (χ1n) is 11.5. The van der Waals surface area contributed by atoms with Gasteiger partial charge in [-0.1, -0.05) is 33.1 Å². The second-order valence-electron chi connectivity index (χ2n) is 9.11. The van der Waals surface area contributed by atoms with Gasteiger partial charge in [0.25, 0.3) is 11.8 Å². The van der Waals surface area contributed by atoms with Crippen LogP contribution in [0.4, 0.5) is 4.39 Å². The standard InChI is InChI=1S/C25H33FN4O3/c1-15(2)22(27-23(31)18-8-6-5-7-9-18)25(33)29-28-24(32)21-14-16(3)30(17(21)4)20-12-10-19(26)11-13-20/h10-15,18,22H,5-9H2,1-4H3,(H,27,31)(H,28,32)(H,29,33). The Morgan fingerprint density at radius 2 is 1.64 bits per heavy atom. The molecule has 1 aliphatic carbocycles. The lowest BCUT2D eigenvalue weighted by Gasteiger charge is -2.26. The molecule has 1 unspecified atom stereocenters. The molecule has 1 fully saturated rings. The van der Waals surface area contributed by atoms with Crippen LogP contribution in [0, 0.1) is 31.5 Å². The molecule has 1 heterocycles. The molecule has 178 valence electrons. The number of benzene rings is 1. The smallest absolute Gasteiger partial charge is 0.271 e. The molecule has 1 aromatic carbocycles. The van der Waals surface area contributed by atoms with Crippen molar-refractivity contribution < 1.29 is 18.8 Å². The molecule has 3 rings (SSSR count). The Morgan fingerprint density at radius 3 is 2.24 bits per heavy atom. The number of hydrazine groups is 1. The molecule has 3 N–H and O–H groups in total. The minimum absolute atomic E-state index is 0.0563. The lowest BCUT2D eigenvalue weighted by molar-refractivity contribution is -0.133. The Morgan fingerprint density at radius 1 is 1.00 bits per heavy atom. The number of rotatable bonds is 6. The Hall–Kier alpha value is -3.16. The van der Waals surface area contributed by atoms with Crippen LogP contribution in [0.3, 0.4) is 0 Å². The molecule has 1 atom stereocenters. The van der Waals surface area contributed by atoms with Gasteiger partial charge in [0.1, 0.15) is 11.9 Å². The topological polar surface area (TPSA) is 92.2 Å². The van der Waals surface area contributed by atoms with Gasteiger partial charge >= 0.3 is 0 Å². The number of halogens is 1. The van der Waals surface area contributed by atoms with E-state index in [1.54, 1.807) is 25.1 Å². The third-order valence-corrected chi connectivity index (χ3v) is 6.28. The van der Waals surface area contributed by atoms with E-state index < -0.39 is 17.9 Å². The van der Waals surface area contributed by atoms with Crippen LogP contribution in [-0.2, 0) is 9.59 Å². The second-order valence-corrected chi connectivity index (χ2v) is 9.11. The first-order chi connectivity index (χ1) is 15.7. The molecule has 8 heteroatoms. The second kappa shape index (κ2) is 10.6. The number of carbonyl (C=O) groups excluding carboxylic acids is 3. The van der Waals surface area contributed by atoms with Crippen LogP contribution >= 0.6 is 0 Å². The summed E-state index contributed by atoms with van der Waals surface area (Å²) in [5.41, 5.74) is 7.52. The van der Waals surface area contributed by atoms with E-state index in [9.17, 15) is 18.8 Å². The van der Waals surface area contributed by atoms with Gasteiger partial charge < -0.3 is 9.88 Å². The maximum atomic E-state index is 13.3. The summed E-state index contributed by atoms with van der Waals surface area (Å²) in [7, 11) is 0. The average molecular weight is 457 g/mol. The van der Waals surface area contributed by atoms with Crippen molar-refractivity contribution in [2.24, 2.45) is 11.8 Å². The zero-order chi connectivity index (χ0) is 24.1. The molecule has 0 aliphatic heterocycles. The van der Waals surface area contributed by atoms with Crippen molar-refractivity contribution in [1.29, 1.82) is 0 Å². The number of carbonyl (C=O) groups is 3. The van der Waals surface area contributed by atoms with Crippen molar-refractivity contribution >= 4 is 17.7 Å². The van der Waals surface area contributed by atoms with Crippen LogP contribution in [0.25, 0.3) is 5.69 Å². The van der Waals surface area contributed by atoms with Gasteiger partial charge in [0.2, 0.25) is 5.91 Å². The summed E-state index contributed by atoms with van der Waals surface area (Å²) >= 11 is 0. The average Bonchev–Trinajstić information content (AvgIpc) is 3.10. The highest BCUT2D eigenvalue weighted by Gasteiger charge is 2.29. The van der Waals surface area contributed by atoms with Crippen LogP contribution in [0.2, 0.25) is 0 Å². The number of aryl methyl sites for hydroxylation is 1. The van der Waals surface area contributed by atoms with Crippen molar-refractivity contribution in [3.63, 3.8) is 0 Å².